The van der Waals surface area contributed by atoms with E-state index in [0.717, 1.165) is 11.5 Å². The standard InChI is InChI=1S/C15H17F2NO2S/c16-15(17)21-11-14-7-6-13(20-14)10-18-8-9-19-12-4-2-1-3-5-12/h1-7,15,18H,8-11H2. The molecule has 3 nitrogen and oxygen atoms in total. The highest BCUT2D eigenvalue weighted by Crippen LogP contribution is 2.21. The van der Waals surface area contributed by atoms with Crippen LogP contribution in [0.2, 0.25) is 0 Å². The maximum atomic E-state index is 12.0. The fraction of sp³-hybridized carbons (Fsp3) is 0.333. The number of rotatable bonds is 9. The molecule has 0 aliphatic rings. The summed E-state index contributed by atoms with van der Waals surface area (Å²) in [4.78, 5) is 0. The summed E-state index contributed by atoms with van der Waals surface area (Å²) in [6.07, 6.45) is 0. The largest absolute Gasteiger partial charge is 0.492 e. The first kappa shape index (κ1) is 15.9. The van der Waals surface area contributed by atoms with Gasteiger partial charge in [0.05, 0.1) is 12.3 Å². The third-order valence-corrected chi connectivity index (χ3v) is 3.36. The third kappa shape index (κ3) is 6.18. The Kier molecular flexibility index (Phi) is 6.56. The van der Waals surface area contributed by atoms with Gasteiger partial charge in [0.2, 0.25) is 0 Å². The molecular formula is C15H17F2NO2S. The molecule has 0 bridgehead atoms. The first-order chi connectivity index (χ1) is 10.2. The molecular weight excluding hydrogens is 296 g/mol. The fourth-order valence-corrected chi connectivity index (χ4v) is 2.15. The molecule has 0 saturated heterocycles. The van der Waals surface area contributed by atoms with E-state index in [2.05, 4.69) is 5.32 Å². The summed E-state index contributed by atoms with van der Waals surface area (Å²) in [6, 6.07) is 13.1. The van der Waals surface area contributed by atoms with Gasteiger partial charge in [-0.1, -0.05) is 30.0 Å². The van der Waals surface area contributed by atoms with Crippen LogP contribution in [-0.4, -0.2) is 18.9 Å². The molecule has 0 saturated carbocycles. The Bertz CT molecular complexity index is 519. The molecule has 0 radical (unpaired) electrons. The van der Waals surface area contributed by atoms with Crippen molar-refractivity contribution in [3.05, 3.63) is 54.0 Å². The minimum atomic E-state index is -2.37. The molecule has 2 aromatic rings. The number of thioether (sulfide) groups is 1. The van der Waals surface area contributed by atoms with Gasteiger partial charge in [0, 0.05) is 6.54 Å². The van der Waals surface area contributed by atoms with Crippen molar-refractivity contribution in [2.24, 2.45) is 0 Å². The van der Waals surface area contributed by atoms with Crippen molar-refractivity contribution < 1.29 is 17.9 Å². The lowest BCUT2D eigenvalue weighted by Gasteiger charge is -2.06. The van der Waals surface area contributed by atoms with Gasteiger partial charge in [0.1, 0.15) is 23.9 Å². The van der Waals surface area contributed by atoms with E-state index in [-0.39, 0.29) is 5.75 Å². The molecule has 114 valence electrons. The maximum Gasteiger partial charge on any atom is 0.284 e. The zero-order chi connectivity index (χ0) is 14.9. The molecule has 2 rings (SSSR count). The van der Waals surface area contributed by atoms with Gasteiger partial charge >= 0.3 is 0 Å². The molecule has 6 heteroatoms. The van der Waals surface area contributed by atoms with Crippen LogP contribution in [0.1, 0.15) is 11.5 Å². The Morgan fingerprint density at radius 2 is 1.86 bits per heavy atom. The molecule has 1 heterocycles. The van der Waals surface area contributed by atoms with Gasteiger partial charge in [-0.3, -0.25) is 0 Å². The van der Waals surface area contributed by atoms with Gasteiger partial charge in [0.15, 0.2) is 0 Å². The summed E-state index contributed by atoms with van der Waals surface area (Å²) in [7, 11) is 0. The van der Waals surface area contributed by atoms with Crippen molar-refractivity contribution in [1.29, 1.82) is 0 Å². The minimum absolute atomic E-state index is 0.189. The number of nitrogens with one attached hydrogen (secondary N) is 1. The number of alkyl halides is 2. The zero-order valence-electron chi connectivity index (χ0n) is 11.4. The van der Waals surface area contributed by atoms with E-state index in [1.165, 1.54) is 0 Å². The van der Waals surface area contributed by atoms with Crippen molar-refractivity contribution in [2.45, 2.75) is 18.1 Å². The van der Waals surface area contributed by atoms with Crippen molar-refractivity contribution in [2.75, 3.05) is 13.2 Å². The van der Waals surface area contributed by atoms with E-state index in [4.69, 9.17) is 9.15 Å². The van der Waals surface area contributed by atoms with E-state index in [0.29, 0.717) is 37.2 Å². The first-order valence-corrected chi connectivity index (χ1v) is 7.65. The molecule has 1 N–H and O–H groups in total. The molecule has 0 spiro atoms. The molecule has 0 aliphatic carbocycles. The van der Waals surface area contributed by atoms with Crippen LogP contribution >= 0.6 is 11.8 Å². The quantitative estimate of drug-likeness (QED) is 0.712. The van der Waals surface area contributed by atoms with E-state index in [1.807, 2.05) is 30.3 Å². The first-order valence-electron chi connectivity index (χ1n) is 6.60. The second kappa shape index (κ2) is 8.69. The number of ether oxygens (including phenoxy) is 1. The second-order valence-corrected chi connectivity index (χ2v) is 5.26. The van der Waals surface area contributed by atoms with Gasteiger partial charge in [-0.05, 0) is 24.3 Å². The molecule has 0 aliphatic heterocycles. The van der Waals surface area contributed by atoms with E-state index in [1.54, 1.807) is 12.1 Å². The summed E-state index contributed by atoms with van der Waals surface area (Å²) in [5.41, 5.74) is 0. The fourth-order valence-electron chi connectivity index (χ4n) is 1.71. The minimum Gasteiger partial charge on any atom is -0.492 e. The Morgan fingerprint density at radius 3 is 2.62 bits per heavy atom. The zero-order valence-corrected chi connectivity index (χ0v) is 12.2. The number of hydrogen-bond acceptors (Lipinski definition) is 4. The summed E-state index contributed by atoms with van der Waals surface area (Å²) < 4.78 is 35.1. The van der Waals surface area contributed by atoms with Crippen LogP contribution in [0.15, 0.2) is 46.9 Å². The van der Waals surface area contributed by atoms with Crippen molar-refractivity contribution in [1.82, 2.24) is 5.32 Å². The highest BCUT2D eigenvalue weighted by Gasteiger charge is 2.07. The van der Waals surface area contributed by atoms with E-state index >= 15 is 0 Å². The molecule has 0 unspecified atom stereocenters. The number of benzene rings is 1. The SMILES string of the molecule is FC(F)SCc1ccc(CNCCOc2ccccc2)o1. The predicted octanol–water partition coefficient (Wildman–Crippen LogP) is 3.90. The lowest BCUT2D eigenvalue weighted by molar-refractivity contribution is 0.251. The third-order valence-electron chi connectivity index (χ3n) is 2.66. The number of para-hydroxylation sites is 1. The van der Waals surface area contributed by atoms with Crippen molar-refractivity contribution in [3.8, 4) is 5.75 Å². The van der Waals surface area contributed by atoms with Gasteiger partial charge < -0.3 is 14.5 Å². The van der Waals surface area contributed by atoms with Crippen LogP contribution in [-0.2, 0) is 12.3 Å². The summed E-state index contributed by atoms with van der Waals surface area (Å²) in [6.45, 7) is 1.78. The predicted molar refractivity (Wildman–Crippen MR) is 79.7 cm³/mol. The number of furan rings is 1. The molecule has 0 amide bonds. The average molecular weight is 313 g/mol. The highest BCUT2D eigenvalue weighted by atomic mass is 32.2. The Balaban J connectivity index is 1.60. The lowest BCUT2D eigenvalue weighted by atomic mass is 10.3. The van der Waals surface area contributed by atoms with Crippen molar-refractivity contribution in [3.63, 3.8) is 0 Å². The van der Waals surface area contributed by atoms with Crippen LogP contribution in [0.3, 0.4) is 0 Å². The summed E-state index contributed by atoms with van der Waals surface area (Å²) >= 11 is 0.560. The number of halogens is 2. The smallest absolute Gasteiger partial charge is 0.284 e. The Hall–Kier alpha value is -1.53. The van der Waals surface area contributed by atoms with Crippen LogP contribution in [0.4, 0.5) is 8.78 Å². The lowest BCUT2D eigenvalue weighted by Crippen LogP contribution is -2.20. The van der Waals surface area contributed by atoms with Crippen LogP contribution < -0.4 is 10.1 Å². The van der Waals surface area contributed by atoms with E-state index in [9.17, 15) is 8.78 Å². The van der Waals surface area contributed by atoms with E-state index < -0.39 is 5.76 Å². The molecule has 1 aromatic carbocycles. The Labute approximate surface area is 126 Å². The number of hydrogen-bond donors (Lipinski definition) is 1. The van der Waals surface area contributed by atoms with Gasteiger partial charge in [-0.15, -0.1) is 0 Å². The van der Waals surface area contributed by atoms with Gasteiger partial charge in [-0.25, -0.2) is 0 Å². The summed E-state index contributed by atoms with van der Waals surface area (Å²) in [5, 5.41) is 3.18. The van der Waals surface area contributed by atoms with Gasteiger partial charge in [-0.2, -0.15) is 8.78 Å². The summed E-state index contributed by atoms with van der Waals surface area (Å²) in [5.74, 6) is -0.0398. The molecule has 0 atom stereocenters. The van der Waals surface area contributed by atoms with Crippen LogP contribution in [0, 0.1) is 0 Å². The normalized spacial score (nSPS) is 11.0. The van der Waals surface area contributed by atoms with Crippen LogP contribution in [0.25, 0.3) is 0 Å². The van der Waals surface area contributed by atoms with Gasteiger partial charge in [0.25, 0.3) is 5.76 Å². The highest BCUT2D eigenvalue weighted by molar-refractivity contribution is 7.98. The average Bonchev–Trinajstić information content (AvgIpc) is 2.94. The maximum absolute atomic E-state index is 12.0. The topological polar surface area (TPSA) is 34.4 Å². The monoisotopic (exact) mass is 313 g/mol. The van der Waals surface area contributed by atoms with Crippen molar-refractivity contribution >= 4 is 11.8 Å². The molecule has 21 heavy (non-hydrogen) atoms. The molecule has 1 aromatic heterocycles. The second-order valence-electron chi connectivity index (χ2n) is 4.28. The molecule has 0 fully saturated rings. The van der Waals surface area contributed by atoms with Crippen LogP contribution in [0.5, 0.6) is 5.75 Å². The Morgan fingerprint density at radius 1 is 1.10 bits per heavy atom.